The highest BCUT2D eigenvalue weighted by Gasteiger charge is 2.24. The summed E-state index contributed by atoms with van der Waals surface area (Å²) in [4.78, 5) is 2.56. The summed E-state index contributed by atoms with van der Waals surface area (Å²) in [5.74, 6) is 0.751. The molecule has 0 bridgehead atoms. The van der Waals surface area contributed by atoms with Crippen LogP contribution in [0.4, 0.5) is 0 Å². The van der Waals surface area contributed by atoms with Crippen LogP contribution in [-0.2, 0) is 6.54 Å². The van der Waals surface area contributed by atoms with E-state index in [1.54, 1.807) is 0 Å². The Hall–Kier alpha value is -0.870. The minimum absolute atomic E-state index is 0.709. The lowest BCUT2D eigenvalue weighted by Crippen LogP contribution is -2.48. The van der Waals surface area contributed by atoms with Crippen LogP contribution >= 0.6 is 0 Å². The summed E-state index contributed by atoms with van der Waals surface area (Å²) in [7, 11) is 0. The lowest BCUT2D eigenvalue weighted by atomic mass is 9.94. The van der Waals surface area contributed by atoms with Gasteiger partial charge in [-0.3, -0.25) is 4.68 Å². The van der Waals surface area contributed by atoms with Gasteiger partial charge in [0.2, 0.25) is 0 Å². The lowest BCUT2D eigenvalue weighted by Gasteiger charge is -2.37. The van der Waals surface area contributed by atoms with E-state index in [9.17, 15) is 0 Å². The van der Waals surface area contributed by atoms with Gasteiger partial charge in [0.15, 0.2) is 0 Å². The van der Waals surface area contributed by atoms with E-state index < -0.39 is 0 Å². The zero-order valence-electron chi connectivity index (χ0n) is 11.0. The third-order valence-corrected chi connectivity index (χ3v) is 3.66. The van der Waals surface area contributed by atoms with Crippen molar-refractivity contribution in [3.05, 3.63) is 18.5 Å². The molecular weight excluding hydrogens is 212 g/mol. The van der Waals surface area contributed by atoms with Crippen molar-refractivity contribution >= 4 is 0 Å². The van der Waals surface area contributed by atoms with Gasteiger partial charge in [-0.15, -0.1) is 0 Å². The fourth-order valence-electron chi connectivity index (χ4n) is 2.68. The maximum atomic E-state index is 4.24. The summed E-state index contributed by atoms with van der Waals surface area (Å²) in [6.45, 7) is 10.2. The molecule has 4 heteroatoms. The van der Waals surface area contributed by atoms with Crippen molar-refractivity contribution < 1.29 is 0 Å². The summed E-state index contributed by atoms with van der Waals surface area (Å²) in [6.07, 6.45) is 5.16. The molecule has 2 unspecified atom stereocenters. The molecule has 1 saturated heterocycles. The molecule has 0 spiro atoms. The fourth-order valence-corrected chi connectivity index (χ4v) is 2.68. The molecule has 1 aliphatic heterocycles. The molecule has 1 aromatic rings. The Labute approximate surface area is 104 Å². The van der Waals surface area contributed by atoms with E-state index in [-0.39, 0.29) is 0 Å². The predicted molar refractivity (Wildman–Crippen MR) is 69.9 cm³/mol. The van der Waals surface area contributed by atoms with Gasteiger partial charge in [-0.2, -0.15) is 5.10 Å². The van der Waals surface area contributed by atoms with E-state index >= 15 is 0 Å². The molecule has 0 aromatic carbocycles. The molecule has 2 rings (SSSR count). The molecule has 1 aliphatic rings. The molecule has 0 amide bonds. The van der Waals surface area contributed by atoms with Crippen molar-refractivity contribution in [3.63, 3.8) is 0 Å². The van der Waals surface area contributed by atoms with E-state index in [2.05, 4.69) is 29.2 Å². The topological polar surface area (TPSA) is 33.1 Å². The number of hydrogen-bond acceptors (Lipinski definition) is 3. The Morgan fingerprint density at radius 3 is 2.94 bits per heavy atom. The monoisotopic (exact) mass is 236 g/mol. The molecule has 0 aliphatic carbocycles. The van der Waals surface area contributed by atoms with E-state index in [1.807, 2.05) is 23.1 Å². The van der Waals surface area contributed by atoms with Gasteiger partial charge in [-0.1, -0.05) is 13.8 Å². The van der Waals surface area contributed by atoms with Crippen molar-refractivity contribution in [2.45, 2.75) is 32.9 Å². The van der Waals surface area contributed by atoms with Crippen LogP contribution in [0.1, 0.15) is 20.3 Å². The maximum absolute atomic E-state index is 4.24. The van der Waals surface area contributed by atoms with E-state index in [0.29, 0.717) is 6.04 Å². The van der Waals surface area contributed by atoms with Gasteiger partial charge in [0.25, 0.3) is 0 Å². The second-order valence-corrected chi connectivity index (χ2v) is 5.00. The normalized spacial score (nSPS) is 26.2. The van der Waals surface area contributed by atoms with Gasteiger partial charge in [0.1, 0.15) is 0 Å². The molecule has 1 N–H and O–H groups in total. The average molecular weight is 236 g/mol. The van der Waals surface area contributed by atoms with Crippen LogP contribution in [0.25, 0.3) is 0 Å². The van der Waals surface area contributed by atoms with E-state index in [4.69, 9.17) is 0 Å². The first-order chi connectivity index (χ1) is 8.29. The Balaban J connectivity index is 1.73. The fraction of sp³-hybridized carbons (Fsp3) is 0.769. The predicted octanol–water partition coefficient (Wildman–Crippen LogP) is 1.20. The van der Waals surface area contributed by atoms with Crippen LogP contribution in [0.2, 0.25) is 0 Å². The summed E-state index contributed by atoms with van der Waals surface area (Å²) in [5, 5.41) is 7.82. The number of aromatic nitrogens is 2. The number of hydrogen-bond donors (Lipinski definition) is 1. The van der Waals surface area contributed by atoms with Gasteiger partial charge in [0.05, 0.1) is 6.54 Å². The van der Waals surface area contributed by atoms with Crippen molar-refractivity contribution in [2.24, 2.45) is 5.92 Å². The van der Waals surface area contributed by atoms with E-state index in [0.717, 1.165) is 25.6 Å². The molecule has 2 heterocycles. The largest absolute Gasteiger partial charge is 0.314 e. The molecule has 0 saturated carbocycles. The number of nitrogens with one attached hydrogen (secondary N) is 1. The summed E-state index contributed by atoms with van der Waals surface area (Å²) < 4.78 is 2.01. The van der Waals surface area contributed by atoms with Crippen LogP contribution in [0, 0.1) is 5.92 Å². The van der Waals surface area contributed by atoms with Gasteiger partial charge < -0.3 is 10.2 Å². The first-order valence-corrected chi connectivity index (χ1v) is 6.72. The summed E-state index contributed by atoms with van der Waals surface area (Å²) in [5.41, 5.74) is 0. The maximum Gasteiger partial charge on any atom is 0.0536 e. The molecule has 1 aromatic heterocycles. The van der Waals surface area contributed by atoms with Crippen LogP contribution in [0.5, 0.6) is 0 Å². The first kappa shape index (κ1) is 12.6. The standard InChI is InChI=1S/C13H24N4/c1-3-14-13-5-8-16(11-12(13)2)9-10-17-7-4-6-15-17/h4,6-7,12-14H,3,5,8-11H2,1-2H3. The zero-order valence-corrected chi connectivity index (χ0v) is 11.0. The summed E-state index contributed by atoms with van der Waals surface area (Å²) in [6, 6.07) is 2.70. The molecule has 4 nitrogen and oxygen atoms in total. The van der Waals surface area contributed by atoms with Crippen molar-refractivity contribution in [1.29, 1.82) is 0 Å². The second-order valence-electron chi connectivity index (χ2n) is 5.00. The Kier molecular flexibility index (Phi) is 4.57. The van der Waals surface area contributed by atoms with Crippen molar-refractivity contribution in [1.82, 2.24) is 20.0 Å². The Bertz CT molecular complexity index is 309. The van der Waals surface area contributed by atoms with Gasteiger partial charge >= 0.3 is 0 Å². The number of rotatable bonds is 5. The quantitative estimate of drug-likeness (QED) is 0.834. The molecular formula is C13H24N4. The smallest absolute Gasteiger partial charge is 0.0536 e. The van der Waals surface area contributed by atoms with Crippen LogP contribution in [0.15, 0.2) is 18.5 Å². The summed E-state index contributed by atoms with van der Waals surface area (Å²) >= 11 is 0. The van der Waals surface area contributed by atoms with Gasteiger partial charge in [-0.25, -0.2) is 0 Å². The van der Waals surface area contributed by atoms with Crippen LogP contribution in [0.3, 0.4) is 0 Å². The second kappa shape index (κ2) is 6.17. The highest BCUT2D eigenvalue weighted by molar-refractivity contribution is 4.83. The van der Waals surface area contributed by atoms with E-state index in [1.165, 1.54) is 19.5 Å². The number of likely N-dealkylation sites (tertiary alicyclic amines) is 1. The third kappa shape index (κ3) is 3.54. The minimum Gasteiger partial charge on any atom is -0.314 e. The molecule has 2 atom stereocenters. The highest BCUT2D eigenvalue weighted by atomic mass is 15.3. The van der Waals surface area contributed by atoms with Gasteiger partial charge in [-0.05, 0) is 31.5 Å². The number of nitrogens with zero attached hydrogens (tertiary/aromatic N) is 3. The first-order valence-electron chi connectivity index (χ1n) is 6.72. The Morgan fingerprint density at radius 2 is 2.29 bits per heavy atom. The molecule has 1 fully saturated rings. The SMILES string of the molecule is CCNC1CCN(CCn2cccn2)CC1C. The highest BCUT2D eigenvalue weighted by Crippen LogP contribution is 2.16. The van der Waals surface area contributed by atoms with Crippen molar-refractivity contribution in [2.75, 3.05) is 26.2 Å². The van der Waals surface area contributed by atoms with Crippen molar-refractivity contribution in [3.8, 4) is 0 Å². The Morgan fingerprint density at radius 1 is 1.41 bits per heavy atom. The molecule has 17 heavy (non-hydrogen) atoms. The molecule has 96 valence electrons. The minimum atomic E-state index is 0.709. The number of piperidine rings is 1. The van der Waals surface area contributed by atoms with Crippen LogP contribution < -0.4 is 5.32 Å². The van der Waals surface area contributed by atoms with Crippen LogP contribution in [-0.4, -0.2) is 46.9 Å². The zero-order chi connectivity index (χ0) is 12.1. The van der Waals surface area contributed by atoms with Gasteiger partial charge in [0, 0.05) is 31.5 Å². The molecule has 0 radical (unpaired) electrons. The average Bonchev–Trinajstić information content (AvgIpc) is 2.83. The third-order valence-electron chi connectivity index (χ3n) is 3.66. The lowest BCUT2D eigenvalue weighted by molar-refractivity contribution is 0.143.